The maximum absolute atomic E-state index is 12.2. The van der Waals surface area contributed by atoms with Gasteiger partial charge in [0.2, 0.25) is 5.91 Å². The quantitative estimate of drug-likeness (QED) is 0.789. The average Bonchev–Trinajstić information content (AvgIpc) is 2.38. The van der Waals surface area contributed by atoms with Crippen LogP contribution in [0.15, 0.2) is 18.2 Å². The number of likely N-dealkylation sites (N-methyl/N-ethyl adjacent to an activating group) is 1. The lowest BCUT2D eigenvalue weighted by Crippen LogP contribution is -2.42. The zero-order chi connectivity index (χ0) is 14.4. The van der Waals surface area contributed by atoms with E-state index in [1.165, 1.54) is 0 Å². The SMILES string of the molecule is CCCN(CC)C(C)C(=O)Nc1ccc(N)cc1Cl. The molecule has 1 amide bonds. The molecule has 0 saturated heterocycles. The molecule has 0 heterocycles. The van der Waals surface area contributed by atoms with Gasteiger partial charge in [0.1, 0.15) is 0 Å². The Kier molecular flexibility index (Phi) is 6.12. The molecule has 0 aliphatic rings. The number of carbonyl (C=O) groups excluding carboxylic acids is 1. The molecule has 1 aromatic carbocycles. The highest BCUT2D eigenvalue weighted by Crippen LogP contribution is 2.24. The van der Waals surface area contributed by atoms with Gasteiger partial charge in [0.05, 0.1) is 16.8 Å². The normalized spacial score (nSPS) is 12.5. The summed E-state index contributed by atoms with van der Waals surface area (Å²) >= 11 is 6.04. The summed E-state index contributed by atoms with van der Waals surface area (Å²) in [4.78, 5) is 14.3. The number of hydrogen-bond donors (Lipinski definition) is 2. The molecule has 1 atom stereocenters. The van der Waals surface area contributed by atoms with Gasteiger partial charge in [-0.1, -0.05) is 25.4 Å². The molecule has 1 rings (SSSR count). The highest BCUT2D eigenvalue weighted by Gasteiger charge is 2.19. The van der Waals surface area contributed by atoms with Crippen molar-refractivity contribution >= 4 is 28.9 Å². The van der Waals surface area contributed by atoms with Crippen LogP contribution in [-0.2, 0) is 4.79 Å². The molecule has 0 fully saturated rings. The summed E-state index contributed by atoms with van der Waals surface area (Å²) in [6.07, 6.45) is 1.02. The van der Waals surface area contributed by atoms with Crippen LogP contribution in [0.3, 0.4) is 0 Å². The Morgan fingerprint density at radius 2 is 2.16 bits per heavy atom. The summed E-state index contributed by atoms with van der Waals surface area (Å²) in [5.41, 5.74) is 6.80. The molecule has 1 unspecified atom stereocenters. The van der Waals surface area contributed by atoms with E-state index in [-0.39, 0.29) is 11.9 Å². The van der Waals surface area contributed by atoms with Crippen LogP contribution in [-0.4, -0.2) is 29.9 Å². The van der Waals surface area contributed by atoms with Crippen LogP contribution < -0.4 is 11.1 Å². The number of carbonyl (C=O) groups is 1. The first-order valence-electron chi connectivity index (χ1n) is 6.59. The fourth-order valence-electron chi connectivity index (χ4n) is 1.95. The molecule has 3 N–H and O–H groups in total. The molecule has 5 heteroatoms. The first-order valence-corrected chi connectivity index (χ1v) is 6.97. The molecule has 0 bridgehead atoms. The van der Waals surface area contributed by atoms with Gasteiger partial charge in [0, 0.05) is 5.69 Å². The second kappa shape index (κ2) is 7.36. The number of nitrogens with two attached hydrogens (primary N) is 1. The molecule has 0 saturated carbocycles. The second-order valence-corrected chi connectivity index (χ2v) is 4.94. The summed E-state index contributed by atoms with van der Waals surface area (Å²) in [7, 11) is 0. The van der Waals surface area contributed by atoms with Crippen LogP contribution in [0.2, 0.25) is 5.02 Å². The topological polar surface area (TPSA) is 58.4 Å². The zero-order valence-corrected chi connectivity index (χ0v) is 12.5. The number of nitrogen functional groups attached to an aromatic ring is 1. The van der Waals surface area contributed by atoms with E-state index >= 15 is 0 Å². The van der Waals surface area contributed by atoms with Crippen LogP contribution >= 0.6 is 11.6 Å². The van der Waals surface area contributed by atoms with Gasteiger partial charge >= 0.3 is 0 Å². The maximum atomic E-state index is 12.2. The molecule has 1 aromatic rings. The summed E-state index contributed by atoms with van der Waals surface area (Å²) in [6.45, 7) is 7.80. The molecule has 0 aliphatic carbocycles. The first kappa shape index (κ1) is 15.8. The Bertz CT molecular complexity index is 437. The number of halogens is 1. The monoisotopic (exact) mass is 283 g/mol. The van der Waals surface area contributed by atoms with Crippen molar-refractivity contribution in [1.29, 1.82) is 0 Å². The van der Waals surface area contributed by atoms with E-state index in [1.807, 2.05) is 6.92 Å². The van der Waals surface area contributed by atoms with Crippen molar-refractivity contribution < 1.29 is 4.79 Å². The van der Waals surface area contributed by atoms with E-state index in [4.69, 9.17) is 17.3 Å². The van der Waals surface area contributed by atoms with E-state index in [2.05, 4.69) is 24.1 Å². The van der Waals surface area contributed by atoms with Crippen LogP contribution in [0.4, 0.5) is 11.4 Å². The van der Waals surface area contributed by atoms with Crippen LogP contribution in [0.25, 0.3) is 0 Å². The number of rotatable bonds is 6. The summed E-state index contributed by atoms with van der Waals surface area (Å²) in [6, 6.07) is 4.89. The fourth-order valence-corrected chi connectivity index (χ4v) is 2.18. The molecule has 4 nitrogen and oxygen atoms in total. The third-order valence-electron chi connectivity index (χ3n) is 3.10. The average molecular weight is 284 g/mol. The lowest BCUT2D eigenvalue weighted by atomic mass is 10.2. The predicted octanol–water partition coefficient (Wildman–Crippen LogP) is 2.98. The Labute approximate surface area is 119 Å². The lowest BCUT2D eigenvalue weighted by Gasteiger charge is -2.26. The van der Waals surface area contributed by atoms with Crippen molar-refractivity contribution in [2.24, 2.45) is 0 Å². The summed E-state index contributed by atoms with van der Waals surface area (Å²) < 4.78 is 0. The van der Waals surface area contributed by atoms with Crippen molar-refractivity contribution in [1.82, 2.24) is 4.90 Å². The minimum absolute atomic E-state index is 0.0537. The van der Waals surface area contributed by atoms with E-state index < -0.39 is 0 Å². The number of hydrogen-bond acceptors (Lipinski definition) is 3. The smallest absolute Gasteiger partial charge is 0.241 e. The molecular formula is C14H22ClN3O. The van der Waals surface area contributed by atoms with Gasteiger partial charge in [0.25, 0.3) is 0 Å². The molecule has 0 spiro atoms. The van der Waals surface area contributed by atoms with E-state index in [1.54, 1.807) is 18.2 Å². The molecular weight excluding hydrogens is 262 g/mol. The van der Waals surface area contributed by atoms with Crippen molar-refractivity contribution in [2.75, 3.05) is 24.1 Å². The highest BCUT2D eigenvalue weighted by molar-refractivity contribution is 6.34. The summed E-state index contributed by atoms with van der Waals surface area (Å²) in [5, 5.41) is 3.30. The van der Waals surface area contributed by atoms with Crippen LogP contribution in [0.5, 0.6) is 0 Å². The third kappa shape index (κ3) is 4.40. The fraction of sp³-hybridized carbons (Fsp3) is 0.500. The van der Waals surface area contributed by atoms with E-state index in [9.17, 15) is 4.79 Å². The van der Waals surface area contributed by atoms with Gasteiger partial charge in [-0.15, -0.1) is 0 Å². The van der Waals surface area contributed by atoms with Crippen molar-refractivity contribution in [3.05, 3.63) is 23.2 Å². The Morgan fingerprint density at radius 3 is 2.68 bits per heavy atom. The molecule has 19 heavy (non-hydrogen) atoms. The lowest BCUT2D eigenvalue weighted by molar-refractivity contribution is -0.120. The minimum atomic E-state index is -0.182. The standard InChI is InChI=1S/C14H22ClN3O/c1-4-8-18(5-2)10(3)14(19)17-13-7-6-11(16)9-12(13)15/h6-7,9-10H,4-5,8,16H2,1-3H3,(H,17,19). The number of nitrogens with one attached hydrogen (secondary N) is 1. The van der Waals surface area contributed by atoms with Gasteiger partial charge in [-0.2, -0.15) is 0 Å². The number of benzene rings is 1. The Hall–Kier alpha value is -1.26. The summed E-state index contributed by atoms with van der Waals surface area (Å²) in [5.74, 6) is -0.0537. The van der Waals surface area contributed by atoms with Gasteiger partial charge in [-0.3, -0.25) is 9.69 Å². The highest BCUT2D eigenvalue weighted by atomic mass is 35.5. The second-order valence-electron chi connectivity index (χ2n) is 4.53. The third-order valence-corrected chi connectivity index (χ3v) is 3.41. The molecule has 0 aromatic heterocycles. The largest absolute Gasteiger partial charge is 0.399 e. The van der Waals surface area contributed by atoms with Gasteiger partial charge in [-0.25, -0.2) is 0 Å². The minimum Gasteiger partial charge on any atom is -0.399 e. The number of amides is 1. The van der Waals surface area contributed by atoms with Crippen molar-refractivity contribution in [3.63, 3.8) is 0 Å². The number of nitrogens with zero attached hydrogens (tertiary/aromatic N) is 1. The maximum Gasteiger partial charge on any atom is 0.241 e. The first-order chi connectivity index (χ1) is 8.99. The number of anilines is 2. The Morgan fingerprint density at radius 1 is 1.47 bits per heavy atom. The van der Waals surface area contributed by atoms with Crippen molar-refractivity contribution in [3.8, 4) is 0 Å². The van der Waals surface area contributed by atoms with Gasteiger partial charge in [-0.05, 0) is 44.6 Å². The van der Waals surface area contributed by atoms with Crippen molar-refractivity contribution in [2.45, 2.75) is 33.2 Å². The Balaban J connectivity index is 2.72. The van der Waals surface area contributed by atoms with E-state index in [0.717, 1.165) is 19.5 Å². The molecule has 0 radical (unpaired) electrons. The van der Waals surface area contributed by atoms with Gasteiger partial charge in [0.15, 0.2) is 0 Å². The van der Waals surface area contributed by atoms with E-state index in [0.29, 0.717) is 16.4 Å². The molecule has 106 valence electrons. The predicted molar refractivity (Wildman–Crippen MR) is 81.5 cm³/mol. The van der Waals surface area contributed by atoms with Crippen LogP contribution in [0.1, 0.15) is 27.2 Å². The van der Waals surface area contributed by atoms with Crippen LogP contribution in [0, 0.1) is 0 Å². The zero-order valence-electron chi connectivity index (χ0n) is 11.7. The van der Waals surface area contributed by atoms with Gasteiger partial charge < -0.3 is 11.1 Å². The molecule has 0 aliphatic heterocycles.